The zero-order valence-corrected chi connectivity index (χ0v) is 15.7. The Balaban J connectivity index is 0.00000156. The molecule has 0 saturated carbocycles. The van der Waals surface area contributed by atoms with E-state index in [2.05, 4.69) is 20.3 Å². The van der Waals surface area contributed by atoms with Gasteiger partial charge in [-0.1, -0.05) is 6.07 Å². The Morgan fingerprint density at radius 1 is 1.20 bits per heavy atom. The number of nitrogens with zero attached hydrogens (tertiary/aromatic N) is 3. The molecule has 2 aromatic heterocycles. The number of carbonyl (C=O) groups is 1. The van der Waals surface area contributed by atoms with Crippen LogP contribution in [0.2, 0.25) is 0 Å². The molecule has 6 nitrogen and oxygen atoms in total. The molecule has 1 amide bonds. The largest absolute Gasteiger partial charge is 0.351 e. The predicted octanol–water partition coefficient (Wildman–Crippen LogP) is 2.76. The molecule has 1 aromatic carbocycles. The van der Waals surface area contributed by atoms with Crippen molar-refractivity contribution < 1.29 is 4.79 Å². The van der Waals surface area contributed by atoms with Gasteiger partial charge in [0.15, 0.2) is 0 Å². The maximum atomic E-state index is 12.4. The second-order valence-electron chi connectivity index (χ2n) is 5.59. The van der Waals surface area contributed by atoms with Crippen LogP contribution in [0.15, 0.2) is 42.7 Å². The Hall–Kier alpha value is -2.15. The standard InChI is InChI=1S/C17H19N5O.2ClH/c1-22(2)10-9-19-17(23)13-6-3-7-14-15(13)21-16(20-14)12-5-4-8-18-11-12;;/h3-8,11H,9-10H2,1-2H3,(H,19,23)(H,20,21);2*1H. The molecule has 0 unspecified atom stereocenters. The van der Waals surface area contributed by atoms with Crippen molar-refractivity contribution in [2.75, 3.05) is 27.2 Å². The third kappa shape index (κ3) is 4.92. The molecule has 0 atom stereocenters. The first-order chi connectivity index (χ1) is 11.1. The van der Waals surface area contributed by atoms with E-state index in [4.69, 9.17) is 0 Å². The summed E-state index contributed by atoms with van der Waals surface area (Å²) in [4.78, 5) is 26.3. The van der Waals surface area contributed by atoms with Gasteiger partial charge in [0.05, 0.1) is 11.1 Å². The molecule has 2 heterocycles. The maximum Gasteiger partial charge on any atom is 0.253 e. The van der Waals surface area contributed by atoms with E-state index >= 15 is 0 Å². The minimum absolute atomic E-state index is 0. The van der Waals surface area contributed by atoms with Crippen LogP contribution >= 0.6 is 24.8 Å². The van der Waals surface area contributed by atoms with E-state index in [-0.39, 0.29) is 30.7 Å². The highest BCUT2D eigenvalue weighted by molar-refractivity contribution is 6.05. The minimum Gasteiger partial charge on any atom is -0.351 e. The Labute approximate surface area is 158 Å². The topological polar surface area (TPSA) is 73.9 Å². The van der Waals surface area contributed by atoms with E-state index in [1.54, 1.807) is 18.5 Å². The number of halogens is 2. The number of benzene rings is 1. The van der Waals surface area contributed by atoms with Crippen molar-refractivity contribution in [3.8, 4) is 11.4 Å². The van der Waals surface area contributed by atoms with Gasteiger partial charge in [0, 0.05) is 31.0 Å². The number of para-hydroxylation sites is 1. The molecule has 0 radical (unpaired) electrons. The Bertz CT molecular complexity index is 820. The van der Waals surface area contributed by atoms with Crippen LogP contribution in [-0.4, -0.2) is 52.9 Å². The number of aromatic nitrogens is 3. The van der Waals surface area contributed by atoms with Gasteiger partial charge in [-0.2, -0.15) is 0 Å². The van der Waals surface area contributed by atoms with Crippen LogP contribution in [0.4, 0.5) is 0 Å². The van der Waals surface area contributed by atoms with Crippen molar-refractivity contribution in [2.45, 2.75) is 0 Å². The van der Waals surface area contributed by atoms with E-state index < -0.39 is 0 Å². The molecular weight excluding hydrogens is 361 g/mol. The summed E-state index contributed by atoms with van der Waals surface area (Å²) in [5, 5.41) is 2.92. The molecule has 0 aliphatic carbocycles. The quantitative estimate of drug-likeness (QED) is 0.712. The number of carbonyl (C=O) groups excluding carboxylic acids is 1. The number of pyridine rings is 1. The summed E-state index contributed by atoms with van der Waals surface area (Å²) in [5.74, 6) is 0.600. The maximum absolute atomic E-state index is 12.4. The lowest BCUT2D eigenvalue weighted by Gasteiger charge is -2.10. The first kappa shape index (κ1) is 20.9. The van der Waals surface area contributed by atoms with Crippen LogP contribution in [0.1, 0.15) is 10.4 Å². The van der Waals surface area contributed by atoms with Gasteiger partial charge in [-0.05, 0) is 38.4 Å². The van der Waals surface area contributed by atoms with E-state index in [9.17, 15) is 4.79 Å². The number of amides is 1. The summed E-state index contributed by atoms with van der Waals surface area (Å²) in [7, 11) is 3.95. The summed E-state index contributed by atoms with van der Waals surface area (Å²) >= 11 is 0. The normalized spacial score (nSPS) is 10.2. The van der Waals surface area contributed by atoms with Crippen molar-refractivity contribution >= 4 is 41.8 Å². The van der Waals surface area contributed by atoms with Gasteiger partial charge in [-0.25, -0.2) is 4.98 Å². The minimum atomic E-state index is -0.110. The Morgan fingerprint density at radius 2 is 2.00 bits per heavy atom. The number of likely N-dealkylation sites (N-methyl/N-ethyl adjacent to an activating group) is 1. The van der Waals surface area contributed by atoms with Gasteiger partial charge in [0.25, 0.3) is 5.91 Å². The van der Waals surface area contributed by atoms with Crippen molar-refractivity contribution in [2.24, 2.45) is 0 Å². The molecule has 3 rings (SSSR count). The lowest BCUT2D eigenvalue weighted by atomic mass is 10.1. The number of hydrogen-bond acceptors (Lipinski definition) is 4. The van der Waals surface area contributed by atoms with Crippen LogP contribution in [-0.2, 0) is 0 Å². The predicted molar refractivity (Wildman–Crippen MR) is 105 cm³/mol. The first-order valence-electron chi connectivity index (χ1n) is 7.47. The molecule has 0 aliphatic rings. The van der Waals surface area contributed by atoms with E-state index in [0.717, 1.165) is 17.6 Å². The molecule has 0 spiro atoms. The van der Waals surface area contributed by atoms with Gasteiger partial charge < -0.3 is 15.2 Å². The number of nitrogens with one attached hydrogen (secondary N) is 2. The fourth-order valence-electron chi connectivity index (χ4n) is 2.34. The number of imidazole rings is 1. The summed E-state index contributed by atoms with van der Waals surface area (Å²) in [6.45, 7) is 1.39. The molecule has 25 heavy (non-hydrogen) atoms. The van der Waals surface area contributed by atoms with Crippen molar-refractivity contribution in [1.82, 2.24) is 25.2 Å². The molecule has 2 N–H and O–H groups in total. The number of rotatable bonds is 5. The van der Waals surface area contributed by atoms with E-state index in [0.29, 0.717) is 23.4 Å². The van der Waals surface area contributed by atoms with Gasteiger partial charge in [0.2, 0.25) is 0 Å². The number of H-pyrrole nitrogens is 1. The van der Waals surface area contributed by atoms with Gasteiger partial charge >= 0.3 is 0 Å². The zero-order chi connectivity index (χ0) is 16.2. The molecule has 0 fully saturated rings. The third-order valence-electron chi connectivity index (χ3n) is 3.54. The molecular formula is C17H21Cl2N5O. The van der Waals surface area contributed by atoms with E-state index in [1.165, 1.54) is 0 Å². The average molecular weight is 382 g/mol. The lowest BCUT2D eigenvalue weighted by Crippen LogP contribution is -2.31. The molecule has 3 aromatic rings. The summed E-state index contributed by atoms with van der Waals surface area (Å²) in [6.07, 6.45) is 3.46. The van der Waals surface area contributed by atoms with Crippen molar-refractivity contribution in [3.05, 3.63) is 48.3 Å². The molecule has 0 aliphatic heterocycles. The summed E-state index contributed by atoms with van der Waals surface area (Å²) in [6, 6.07) is 9.35. The highest BCUT2D eigenvalue weighted by Crippen LogP contribution is 2.22. The third-order valence-corrected chi connectivity index (χ3v) is 3.54. The van der Waals surface area contributed by atoms with Crippen LogP contribution in [0.3, 0.4) is 0 Å². The smallest absolute Gasteiger partial charge is 0.253 e. The lowest BCUT2D eigenvalue weighted by molar-refractivity contribution is 0.0952. The van der Waals surface area contributed by atoms with Gasteiger partial charge in [-0.15, -0.1) is 24.8 Å². The SMILES string of the molecule is CN(C)CCNC(=O)c1cccc2[nH]c(-c3cccnc3)nc12.Cl.Cl. The molecule has 0 bridgehead atoms. The number of fused-ring (bicyclic) bond motifs is 1. The van der Waals surface area contributed by atoms with Crippen molar-refractivity contribution in [3.63, 3.8) is 0 Å². The zero-order valence-electron chi connectivity index (χ0n) is 14.0. The van der Waals surface area contributed by atoms with Crippen LogP contribution < -0.4 is 5.32 Å². The monoisotopic (exact) mass is 381 g/mol. The van der Waals surface area contributed by atoms with E-state index in [1.807, 2.05) is 43.3 Å². The van der Waals surface area contributed by atoms with Gasteiger partial charge in [0.1, 0.15) is 11.3 Å². The van der Waals surface area contributed by atoms with Crippen LogP contribution in [0.25, 0.3) is 22.4 Å². The Morgan fingerprint density at radius 3 is 2.68 bits per heavy atom. The fraction of sp³-hybridized carbons (Fsp3) is 0.235. The van der Waals surface area contributed by atoms with Crippen LogP contribution in [0.5, 0.6) is 0 Å². The van der Waals surface area contributed by atoms with Crippen molar-refractivity contribution in [1.29, 1.82) is 0 Å². The second kappa shape index (κ2) is 9.36. The highest BCUT2D eigenvalue weighted by atomic mass is 35.5. The average Bonchev–Trinajstić information content (AvgIpc) is 2.99. The Kier molecular flexibility index (Phi) is 7.83. The molecule has 134 valence electrons. The first-order valence-corrected chi connectivity index (χ1v) is 7.47. The summed E-state index contributed by atoms with van der Waals surface area (Å²) in [5.41, 5.74) is 2.98. The number of aromatic amines is 1. The number of hydrogen-bond donors (Lipinski definition) is 2. The summed E-state index contributed by atoms with van der Waals surface area (Å²) < 4.78 is 0. The highest BCUT2D eigenvalue weighted by Gasteiger charge is 2.14. The molecule has 0 saturated heterocycles. The second-order valence-corrected chi connectivity index (χ2v) is 5.59. The van der Waals surface area contributed by atoms with Gasteiger partial charge in [-0.3, -0.25) is 9.78 Å². The fourth-order valence-corrected chi connectivity index (χ4v) is 2.34. The van der Waals surface area contributed by atoms with Crippen LogP contribution in [0, 0.1) is 0 Å². The molecule has 8 heteroatoms.